The first kappa shape index (κ1) is 42.9. The summed E-state index contributed by atoms with van der Waals surface area (Å²) in [6, 6.07) is 32.3. The molecule has 7 heteroatoms. The third-order valence-corrected chi connectivity index (χ3v) is 39.4. The van der Waals surface area contributed by atoms with Gasteiger partial charge in [0.25, 0.3) is 0 Å². The summed E-state index contributed by atoms with van der Waals surface area (Å²) < 4.78 is 3.01. The van der Waals surface area contributed by atoms with E-state index in [9.17, 15) is 17.0 Å². The Hall–Kier alpha value is -1.72. The minimum atomic E-state index is -5.28. The van der Waals surface area contributed by atoms with Gasteiger partial charge in [-0.05, 0) is 0 Å². The molecule has 291 valence electrons. The summed E-state index contributed by atoms with van der Waals surface area (Å²) >= 11 is -5.28. The van der Waals surface area contributed by atoms with Crippen molar-refractivity contribution in [3.8, 4) is 22.3 Å². The third-order valence-electron chi connectivity index (χ3n) is 12.3. The average Bonchev–Trinajstić information content (AvgIpc) is 3.71. The van der Waals surface area contributed by atoms with Crippen molar-refractivity contribution in [2.24, 2.45) is 0 Å². The Bertz CT molecular complexity index is 1950. The van der Waals surface area contributed by atoms with Crippen LogP contribution in [-0.4, -0.2) is 25.6 Å². The van der Waals surface area contributed by atoms with Crippen LogP contribution in [0.3, 0.4) is 0 Å². The number of aryl methyl sites for hydroxylation is 2. The summed E-state index contributed by atoms with van der Waals surface area (Å²) in [5, 5.41) is 0. The van der Waals surface area contributed by atoms with E-state index < -0.39 is 32.6 Å². The molecule has 6 rings (SSSR count). The Labute approximate surface area is 345 Å². The standard InChI is InChI=1S/2C21H23.C6H19BNSi2.2ClH.Zr/c2*1-3-8-16-14-18-11-7-13-20(21(18)15-16)19-12-6-5-10-17(19)9-4-2;1-9(2,3)8(7)10(4,5)6;;;/h2*5-7,10-15H,3-4,8-9H2,1-2H3;7H,1-6H3;2*1H;/q;;+1;;;+1/p-2. The number of fused-ring (bicyclic) bond motifs is 2. The Kier molecular flexibility index (Phi) is 13.2. The molecule has 0 amide bonds. The van der Waals surface area contributed by atoms with Crippen LogP contribution >= 0.6 is 17.0 Å². The van der Waals surface area contributed by atoms with Crippen LogP contribution in [0.15, 0.2) is 96.1 Å². The van der Waals surface area contributed by atoms with Crippen molar-refractivity contribution in [2.45, 2.75) is 126 Å². The first-order valence-corrected chi connectivity index (χ1v) is 39.1. The average molecular weight is 885 g/mol. The Morgan fingerprint density at radius 2 is 0.873 bits per heavy atom. The zero-order chi connectivity index (χ0) is 39.8. The number of allylic oxidation sites excluding steroid dienone is 2. The molecule has 0 aliphatic heterocycles. The van der Waals surface area contributed by atoms with Gasteiger partial charge in [0.1, 0.15) is 0 Å². The molecule has 55 heavy (non-hydrogen) atoms. The fraction of sp³-hybridized carbons (Fsp3) is 0.417. The molecule has 0 N–H and O–H groups in total. The Morgan fingerprint density at radius 3 is 1.24 bits per heavy atom. The van der Waals surface area contributed by atoms with E-state index in [1.807, 2.05) is 0 Å². The minimum absolute atomic E-state index is 0.0282. The molecule has 0 spiro atoms. The predicted octanol–water partition coefficient (Wildman–Crippen LogP) is 15.3. The van der Waals surface area contributed by atoms with Crippen LogP contribution in [0.1, 0.15) is 107 Å². The van der Waals surface area contributed by atoms with Crippen molar-refractivity contribution < 1.29 is 16.2 Å². The van der Waals surface area contributed by atoms with Gasteiger partial charge in [0.05, 0.1) is 0 Å². The van der Waals surface area contributed by atoms with Gasteiger partial charge in [-0.3, -0.25) is 0 Å². The molecule has 2 unspecified atom stereocenters. The van der Waals surface area contributed by atoms with Crippen LogP contribution in [0.5, 0.6) is 0 Å². The molecule has 0 heterocycles. The van der Waals surface area contributed by atoms with Gasteiger partial charge in [0.2, 0.25) is 0 Å². The van der Waals surface area contributed by atoms with E-state index in [4.69, 9.17) is 0 Å². The fourth-order valence-electron chi connectivity index (χ4n) is 10.5. The van der Waals surface area contributed by atoms with E-state index in [1.165, 1.54) is 66.8 Å². The molecule has 0 saturated carbocycles. The zero-order valence-electron chi connectivity index (χ0n) is 35.5. The van der Waals surface area contributed by atoms with Gasteiger partial charge >= 0.3 is 348 Å². The maximum atomic E-state index is 9.19. The topological polar surface area (TPSA) is 3.24 Å². The van der Waals surface area contributed by atoms with Gasteiger partial charge in [-0.25, -0.2) is 0 Å². The monoisotopic (exact) mass is 882 g/mol. The summed E-state index contributed by atoms with van der Waals surface area (Å²) in [5.41, 5.74) is 16.6. The number of halogens is 2. The summed E-state index contributed by atoms with van der Waals surface area (Å²) in [4.78, 5) is 0.833. The summed E-state index contributed by atoms with van der Waals surface area (Å²) in [5.74, 6) is 0. The summed E-state index contributed by atoms with van der Waals surface area (Å²) in [6.45, 7) is 24.4. The van der Waals surface area contributed by atoms with Crippen molar-refractivity contribution >= 4 is 50.6 Å². The van der Waals surface area contributed by atoms with Gasteiger partial charge in [-0.15, -0.1) is 0 Å². The van der Waals surface area contributed by atoms with Crippen molar-refractivity contribution in [2.75, 3.05) is 0 Å². The van der Waals surface area contributed by atoms with Crippen LogP contribution in [0, 0.1) is 0 Å². The molecular weight excluding hydrogens is 820 g/mol. The van der Waals surface area contributed by atoms with Gasteiger partial charge in [0, 0.05) is 0 Å². The van der Waals surface area contributed by atoms with E-state index in [0.717, 1.165) is 56.3 Å². The first-order valence-electron chi connectivity index (χ1n) is 21.3. The van der Waals surface area contributed by atoms with Gasteiger partial charge < -0.3 is 0 Å². The number of benzene rings is 4. The molecule has 2 atom stereocenters. The van der Waals surface area contributed by atoms with Crippen LogP contribution < -0.4 is 0 Å². The molecule has 2 aliphatic carbocycles. The second kappa shape index (κ2) is 16.9. The van der Waals surface area contributed by atoms with Crippen molar-refractivity contribution in [3.05, 3.63) is 129 Å². The van der Waals surface area contributed by atoms with Crippen LogP contribution in [0.25, 0.3) is 34.4 Å². The molecule has 0 bridgehead atoms. The SMILES string of the molecule is CCCC1=Cc2c(-c3ccccc3CCC)cccc2[CH]1[Zr]([Cl])([Cl])([BH]N([Si](C)(C)C)[Si](C)(C)C)[CH]1C(CCC)=Cc2c(-c3ccccc3CCC)cccc21. The quantitative estimate of drug-likeness (QED) is 0.101. The fourth-order valence-corrected chi connectivity index (χ4v) is 52.8. The molecule has 0 saturated heterocycles. The molecule has 4 aromatic carbocycles. The zero-order valence-corrected chi connectivity index (χ0v) is 41.4. The third kappa shape index (κ3) is 8.29. The van der Waals surface area contributed by atoms with E-state index in [2.05, 4.69) is 168 Å². The van der Waals surface area contributed by atoms with E-state index in [-0.39, 0.29) is 7.25 Å². The maximum absolute atomic E-state index is 9.19. The molecule has 0 radical (unpaired) electrons. The van der Waals surface area contributed by atoms with Gasteiger partial charge in [0.15, 0.2) is 0 Å². The first-order chi connectivity index (χ1) is 26.1. The molecule has 4 aromatic rings. The van der Waals surface area contributed by atoms with Crippen molar-refractivity contribution in [1.82, 2.24) is 4.14 Å². The normalized spacial score (nSPS) is 17.7. The Balaban J connectivity index is 1.68. The molecule has 0 aromatic heterocycles. The Morgan fingerprint density at radius 1 is 0.509 bits per heavy atom. The molecule has 1 nitrogen and oxygen atoms in total. The van der Waals surface area contributed by atoms with Crippen LogP contribution in [0.2, 0.25) is 39.3 Å². The van der Waals surface area contributed by atoms with E-state index in [1.54, 1.807) is 0 Å². The number of nitrogens with zero attached hydrogens (tertiary/aromatic N) is 1. The second-order valence-electron chi connectivity index (χ2n) is 18.5. The van der Waals surface area contributed by atoms with Crippen molar-refractivity contribution in [1.29, 1.82) is 0 Å². The number of hydrogen-bond acceptors (Lipinski definition) is 1. The van der Waals surface area contributed by atoms with Gasteiger partial charge in [-0.2, -0.15) is 0 Å². The van der Waals surface area contributed by atoms with E-state index in [0.29, 0.717) is 0 Å². The summed E-state index contributed by atoms with van der Waals surface area (Å²) in [7, 11) is 14.6. The van der Waals surface area contributed by atoms with Crippen LogP contribution in [-0.2, 0) is 29.0 Å². The molecule has 0 fully saturated rings. The van der Waals surface area contributed by atoms with E-state index >= 15 is 0 Å². The second-order valence-corrected chi connectivity index (χ2v) is 50.7. The number of hydrogen-bond donors (Lipinski definition) is 0. The molecular formula is C48H65BCl2NSi2Zr. The van der Waals surface area contributed by atoms with Crippen molar-refractivity contribution in [3.63, 3.8) is 0 Å². The number of rotatable bonds is 16. The summed E-state index contributed by atoms with van der Waals surface area (Å²) in [6.07, 6.45) is 13.7. The predicted molar refractivity (Wildman–Crippen MR) is 250 cm³/mol. The van der Waals surface area contributed by atoms with Crippen LogP contribution in [0.4, 0.5) is 0 Å². The van der Waals surface area contributed by atoms with Gasteiger partial charge in [-0.1, -0.05) is 0 Å². The molecule has 2 aliphatic rings.